The van der Waals surface area contributed by atoms with Gasteiger partial charge in [0.1, 0.15) is 18.4 Å². The molecule has 1 aliphatic heterocycles. The minimum Gasteiger partial charge on any atom is -0.329 e. The lowest BCUT2D eigenvalue weighted by molar-refractivity contribution is -0.155. The molecule has 1 fully saturated rings. The maximum atomic E-state index is 13.3. The molecule has 2 amide bonds. The predicted molar refractivity (Wildman–Crippen MR) is 89.8 cm³/mol. The Morgan fingerprint density at radius 2 is 2.08 bits per heavy atom. The summed E-state index contributed by atoms with van der Waals surface area (Å²) in [6, 6.07) is 7.44. The first-order valence-corrected chi connectivity index (χ1v) is 8.35. The van der Waals surface area contributed by atoms with Crippen molar-refractivity contribution in [3.05, 3.63) is 54.1 Å². The van der Waals surface area contributed by atoms with Crippen LogP contribution in [0.15, 0.2) is 42.7 Å². The summed E-state index contributed by atoms with van der Waals surface area (Å²) in [6.07, 6.45) is 4.31. The number of aromatic nitrogens is 2. The van der Waals surface area contributed by atoms with E-state index in [1.54, 1.807) is 34.8 Å². The van der Waals surface area contributed by atoms with Crippen molar-refractivity contribution in [1.29, 1.82) is 0 Å². The van der Waals surface area contributed by atoms with E-state index in [0.717, 1.165) is 6.42 Å². The van der Waals surface area contributed by atoms with Crippen LogP contribution in [0.25, 0.3) is 0 Å². The molecule has 25 heavy (non-hydrogen) atoms. The monoisotopic (exact) mass is 344 g/mol. The molecular weight excluding hydrogens is 323 g/mol. The van der Waals surface area contributed by atoms with E-state index in [0.29, 0.717) is 18.7 Å². The summed E-state index contributed by atoms with van der Waals surface area (Å²) in [7, 11) is 0. The van der Waals surface area contributed by atoms with Gasteiger partial charge >= 0.3 is 0 Å². The maximum Gasteiger partial charge on any atom is 0.245 e. The molecular formula is C18H21FN4O2. The number of carbonyl (C=O) groups excluding carboxylic acids is 2. The van der Waals surface area contributed by atoms with Crippen LogP contribution in [0.4, 0.5) is 4.39 Å². The summed E-state index contributed by atoms with van der Waals surface area (Å²) in [5, 5.41) is 4.13. The fourth-order valence-electron chi connectivity index (χ4n) is 3.09. The number of piperazine rings is 1. The molecule has 1 aliphatic rings. The van der Waals surface area contributed by atoms with E-state index < -0.39 is 6.04 Å². The molecule has 132 valence electrons. The van der Waals surface area contributed by atoms with Gasteiger partial charge in [-0.25, -0.2) is 4.39 Å². The summed E-state index contributed by atoms with van der Waals surface area (Å²) in [5.74, 6) is -0.534. The Morgan fingerprint density at radius 1 is 1.24 bits per heavy atom. The minimum absolute atomic E-state index is 0.0292. The number of aryl methyl sites for hydroxylation is 1. The molecule has 0 N–H and O–H groups in total. The van der Waals surface area contributed by atoms with Crippen molar-refractivity contribution >= 4 is 11.8 Å². The van der Waals surface area contributed by atoms with Crippen molar-refractivity contribution in [3.63, 3.8) is 0 Å². The third kappa shape index (κ3) is 4.04. The summed E-state index contributed by atoms with van der Waals surface area (Å²) in [4.78, 5) is 28.1. The third-order valence-electron chi connectivity index (χ3n) is 4.39. The van der Waals surface area contributed by atoms with Crippen molar-refractivity contribution in [2.75, 3.05) is 13.1 Å². The van der Waals surface area contributed by atoms with Gasteiger partial charge in [0, 0.05) is 32.0 Å². The van der Waals surface area contributed by atoms with Crippen LogP contribution in [0.3, 0.4) is 0 Å². The number of hydrogen-bond acceptors (Lipinski definition) is 3. The zero-order valence-corrected chi connectivity index (χ0v) is 14.1. The molecule has 2 heterocycles. The molecule has 2 aromatic rings. The van der Waals surface area contributed by atoms with E-state index in [1.165, 1.54) is 17.0 Å². The van der Waals surface area contributed by atoms with Gasteiger partial charge in [-0.3, -0.25) is 14.3 Å². The quantitative estimate of drug-likeness (QED) is 0.801. The summed E-state index contributed by atoms with van der Waals surface area (Å²) < 4.78 is 15.1. The zero-order valence-electron chi connectivity index (χ0n) is 14.1. The van der Waals surface area contributed by atoms with Crippen LogP contribution < -0.4 is 0 Å². The molecule has 7 heteroatoms. The van der Waals surface area contributed by atoms with Crippen LogP contribution in [-0.4, -0.2) is 50.5 Å². The third-order valence-corrected chi connectivity index (χ3v) is 4.39. The molecule has 1 aromatic carbocycles. The summed E-state index contributed by atoms with van der Waals surface area (Å²) in [6.45, 7) is 3.23. The van der Waals surface area contributed by atoms with Crippen LogP contribution in [0, 0.1) is 5.82 Å². The fourth-order valence-corrected chi connectivity index (χ4v) is 3.09. The lowest BCUT2D eigenvalue weighted by Crippen LogP contribution is -2.58. The molecule has 0 saturated carbocycles. The standard InChI is InChI=1S/C18H21FN4O2/c1-14-18(25)21(12-15-5-2-6-16(19)11-15)13-17(24)23(14)10-4-9-22-8-3-7-20-22/h2-3,5-8,11,14H,4,9-10,12-13H2,1H3/t14-/m0/s1. The molecule has 0 aliphatic carbocycles. The predicted octanol–water partition coefficient (Wildman–Crippen LogP) is 1.67. The van der Waals surface area contributed by atoms with Gasteiger partial charge < -0.3 is 9.80 Å². The number of hydrogen-bond donors (Lipinski definition) is 0. The van der Waals surface area contributed by atoms with Crippen LogP contribution in [0.5, 0.6) is 0 Å². The number of carbonyl (C=O) groups is 2. The molecule has 1 atom stereocenters. The molecule has 0 spiro atoms. The Hall–Kier alpha value is -2.70. The van der Waals surface area contributed by atoms with E-state index in [2.05, 4.69) is 5.10 Å². The SMILES string of the molecule is C[C@H]1C(=O)N(Cc2cccc(F)c2)CC(=O)N1CCCn1cccn1. The zero-order chi connectivity index (χ0) is 17.8. The maximum absolute atomic E-state index is 13.3. The van der Waals surface area contributed by atoms with Crippen molar-refractivity contribution < 1.29 is 14.0 Å². The average molecular weight is 344 g/mol. The second kappa shape index (κ2) is 7.46. The molecule has 3 rings (SSSR count). The van der Waals surface area contributed by atoms with Crippen molar-refractivity contribution in [2.45, 2.75) is 32.5 Å². The van der Waals surface area contributed by atoms with Crippen molar-refractivity contribution in [1.82, 2.24) is 19.6 Å². The smallest absolute Gasteiger partial charge is 0.245 e. The van der Waals surface area contributed by atoms with Gasteiger partial charge in [-0.2, -0.15) is 5.10 Å². The van der Waals surface area contributed by atoms with Gasteiger partial charge in [-0.05, 0) is 37.1 Å². The topological polar surface area (TPSA) is 58.4 Å². The number of amides is 2. The number of rotatable bonds is 6. The second-order valence-electron chi connectivity index (χ2n) is 6.21. The normalized spacial score (nSPS) is 18.1. The van der Waals surface area contributed by atoms with E-state index >= 15 is 0 Å². The van der Waals surface area contributed by atoms with Gasteiger partial charge in [0.15, 0.2) is 0 Å². The van der Waals surface area contributed by atoms with Gasteiger partial charge in [-0.15, -0.1) is 0 Å². The highest BCUT2D eigenvalue weighted by molar-refractivity contribution is 5.94. The first-order valence-electron chi connectivity index (χ1n) is 8.35. The largest absolute Gasteiger partial charge is 0.329 e. The first kappa shape index (κ1) is 17.1. The molecule has 6 nitrogen and oxygen atoms in total. The Labute approximate surface area is 145 Å². The van der Waals surface area contributed by atoms with Crippen molar-refractivity contribution in [3.8, 4) is 0 Å². The van der Waals surface area contributed by atoms with E-state index in [4.69, 9.17) is 0 Å². The van der Waals surface area contributed by atoms with Gasteiger partial charge in [-0.1, -0.05) is 12.1 Å². The van der Waals surface area contributed by atoms with E-state index in [1.807, 2.05) is 12.3 Å². The lowest BCUT2D eigenvalue weighted by atomic mass is 10.1. The molecule has 0 bridgehead atoms. The highest BCUT2D eigenvalue weighted by atomic mass is 19.1. The highest BCUT2D eigenvalue weighted by Crippen LogP contribution is 2.16. The van der Waals surface area contributed by atoms with Gasteiger partial charge in [0.25, 0.3) is 0 Å². The number of halogens is 1. The van der Waals surface area contributed by atoms with Crippen molar-refractivity contribution in [2.24, 2.45) is 0 Å². The Morgan fingerprint density at radius 3 is 2.80 bits per heavy atom. The van der Waals surface area contributed by atoms with Gasteiger partial charge in [0.05, 0.1) is 0 Å². The Kier molecular flexibility index (Phi) is 5.11. The molecule has 0 unspecified atom stereocenters. The Bertz CT molecular complexity index is 747. The molecule has 1 aromatic heterocycles. The molecule has 0 radical (unpaired) electrons. The van der Waals surface area contributed by atoms with E-state index in [9.17, 15) is 14.0 Å². The van der Waals surface area contributed by atoms with Crippen LogP contribution in [0.2, 0.25) is 0 Å². The fraction of sp³-hybridized carbons (Fsp3) is 0.389. The average Bonchev–Trinajstić information content (AvgIpc) is 3.09. The summed E-state index contributed by atoms with van der Waals surface area (Å²) >= 11 is 0. The summed E-state index contributed by atoms with van der Waals surface area (Å²) in [5.41, 5.74) is 0.681. The van der Waals surface area contributed by atoms with Gasteiger partial charge in [0.2, 0.25) is 11.8 Å². The molecule has 1 saturated heterocycles. The first-order chi connectivity index (χ1) is 12.0. The number of nitrogens with zero attached hydrogens (tertiary/aromatic N) is 4. The highest BCUT2D eigenvalue weighted by Gasteiger charge is 2.35. The van der Waals surface area contributed by atoms with Crippen LogP contribution in [-0.2, 0) is 22.7 Å². The van der Waals surface area contributed by atoms with E-state index in [-0.39, 0.29) is 30.7 Å². The van der Waals surface area contributed by atoms with Crippen LogP contribution >= 0.6 is 0 Å². The lowest BCUT2D eigenvalue weighted by Gasteiger charge is -2.38. The number of benzene rings is 1. The van der Waals surface area contributed by atoms with Crippen LogP contribution in [0.1, 0.15) is 18.9 Å². The second-order valence-corrected chi connectivity index (χ2v) is 6.21. The minimum atomic E-state index is -0.507. The Balaban J connectivity index is 1.59.